The van der Waals surface area contributed by atoms with Crippen LogP contribution in [-0.4, -0.2) is 72.7 Å². The van der Waals surface area contributed by atoms with Crippen molar-refractivity contribution >= 4 is 11.7 Å². The Kier molecular flexibility index (Phi) is 5.89. The normalized spacial score (nSPS) is 15.2. The number of nitro benzene ring substituents is 1. The van der Waals surface area contributed by atoms with Crippen LogP contribution < -0.4 is 0 Å². The number of nitrogens with zero attached hydrogens (tertiary/aromatic N) is 4. The van der Waals surface area contributed by atoms with Gasteiger partial charge in [-0.15, -0.1) is 0 Å². The van der Waals surface area contributed by atoms with Crippen LogP contribution in [0, 0.1) is 10.1 Å². The Morgan fingerprint density at radius 1 is 1.30 bits per heavy atom. The van der Waals surface area contributed by atoms with Gasteiger partial charge in [0.15, 0.2) is 0 Å². The van der Waals surface area contributed by atoms with Crippen molar-refractivity contribution in [3.05, 3.63) is 39.9 Å². The van der Waals surface area contributed by atoms with Crippen molar-refractivity contribution in [2.45, 2.75) is 6.54 Å². The number of hydrogen-bond donors (Lipinski definition) is 0. The van der Waals surface area contributed by atoms with Gasteiger partial charge in [-0.05, 0) is 0 Å². The lowest BCUT2D eigenvalue weighted by molar-refractivity contribution is -0.385. The summed E-state index contributed by atoms with van der Waals surface area (Å²) in [6.07, 6.45) is 0. The van der Waals surface area contributed by atoms with E-state index < -0.39 is 4.92 Å². The molecule has 23 heavy (non-hydrogen) atoms. The number of amides is 2. The topological polar surface area (TPSA) is 79.2 Å². The first-order valence-electron chi connectivity index (χ1n) is 7.47. The van der Waals surface area contributed by atoms with Crippen molar-refractivity contribution in [3.8, 4) is 0 Å². The zero-order chi connectivity index (χ0) is 16.8. The molecule has 1 aliphatic heterocycles. The van der Waals surface area contributed by atoms with E-state index in [-0.39, 0.29) is 18.3 Å². The van der Waals surface area contributed by atoms with Crippen LogP contribution in [0.5, 0.6) is 0 Å². The first-order valence-corrected chi connectivity index (χ1v) is 7.47. The number of carbonyl (C=O) groups is 1. The molecule has 8 nitrogen and oxygen atoms in total. The highest BCUT2D eigenvalue weighted by atomic mass is 16.6. The molecule has 1 aromatic rings. The van der Waals surface area contributed by atoms with E-state index in [4.69, 9.17) is 4.74 Å². The van der Waals surface area contributed by atoms with E-state index in [0.29, 0.717) is 25.4 Å². The SMILES string of the molecule is CN(C)C(=O)N(Cc1ccccc1[N+](=O)[O-])CN1CCOCC1. The molecule has 0 aromatic heterocycles. The largest absolute Gasteiger partial charge is 0.379 e. The van der Waals surface area contributed by atoms with Gasteiger partial charge in [-0.3, -0.25) is 15.0 Å². The minimum atomic E-state index is -0.414. The molecular formula is C15H22N4O4. The van der Waals surface area contributed by atoms with Gasteiger partial charge in [0.25, 0.3) is 5.69 Å². The molecule has 1 aliphatic rings. The molecule has 0 radical (unpaired) electrons. The summed E-state index contributed by atoms with van der Waals surface area (Å²) in [5.41, 5.74) is 0.562. The molecule has 2 amide bonds. The van der Waals surface area contributed by atoms with E-state index in [0.717, 1.165) is 13.1 Å². The van der Waals surface area contributed by atoms with Crippen LogP contribution in [0.15, 0.2) is 24.3 Å². The molecule has 1 heterocycles. The van der Waals surface area contributed by atoms with Crippen molar-refractivity contribution in [2.24, 2.45) is 0 Å². The number of para-hydroxylation sites is 1. The summed E-state index contributed by atoms with van der Waals surface area (Å²) < 4.78 is 5.31. The Bertz CT molecular complexity index is 558. The van der Waals surface area contributed by atoms with Crippen molar-refractivity contribution in [3.63, 3.8) is 0 Å². The number of carbonyl (C=O) groups excluding carboxylic acids is 1. The van der Waals surface area contributed by atoms with Crippen LogP contribution in [0.1, 0.15) is 5.56 Å². The van der Waals surface area contributed by atoms with Crippen LogP contribution >= 0.6 is 0 Å². The van der Waals surface area contributed by atoms with Crippen LogP contribution in [0.4, 0.5) is 10.5 Å². The number of ether oxygens (including phenoxy) is 1. The summed E-state index contributed by atoms with van der Waals surface area (Å²) in [6.45, 7) is 3.38. The minimum absolute atomic E-state index is 0.0334. The molecule has 0 N–H and O–H groups in total. The lowest BCUT2D eigenvalue weighted by atomic mass is 10.1. The van der Waals surface area contributed by atoms with Crippen LogP contribution in [0.25, 0.3) is 0 Å². The number of nitro groups is 1. The van der Waals surface area contributed by atoms with E-state index in [1.807, 2.05) is 0 Å². The van der Waals surface area contributed by atoms with Crippen molar-refractivity contribution < 1.29 is 14.5 Å². The molecule has 0 aliphatic carbocycles. The first kappa shape index (κ1) is 17.2. The summed E-state index contributed by atoms with van der Waals surface area (Å²) in [5.74, 6) is 0. The van der Waals surface area contributed by atoms with Gasteiger partial charge in [-0.2, -0.15) is 0 Å². The number of morpholine rings is 1. The third-order valence-electron chi connectivity index (χ3n) is 3.68. The molecule has 0 unspecified atom stereocenters. The molecule has 126 valence electrons. The number of rotatable bonds is 5. The van der Waals surface area contributed by atoms with Crippen molar-refractivity contribution in [1.82, 2.24) is 14.7 Å². The summed E-state index contributed by atoms with van der Waals surface area (Å²) in [6, 6.07) is 6.35. The maximum absolute atomic E-state index is 12.4. The fourth-order valence-corrected chi connectivity index (χ4v) is 2.47. The van der Waals surface area contributed by atoms with Gasteiger partial charge in [0.1, 0.15) is 0 Å². The second kappa shape index (κ2) is 7.89. The standard InChI is InChI=1S/C15H22N4O4/c1-16(2)15(20)18(12-17-7-9-23-10-8-17)11-13-5-3-4-6-14(13)19(21)22/h3-6H,7-12H2,1-2H3. The average Bonchev–Trinajstić information content (AvgIpc) is 2.54. The van der Waals surface area contributed by atoms with Crippen molar-refractivity contribution in [2.75, 3.05) is 47.1 Å². The predicted molar refractivity (Wildman–Crippen MR) is 85.0 cm³/mol. The highest BCUT2D eigenvalue weighted by molar-refractivity contribution is 5.74. The van der Waals surface area contributed by atoms with Gasteiger partial charge >= 0.3 is 6.03 Å². The van der Waals surface area contributed by atoms with Crippen LogP contribution in [-0.2, 0) is 11.3 Å². The van der Waals surface area contributed by atoms with Gasteiger partial charge in [0, 0.05) is 38.8 Å². The Hall–Kier alpha value is -2.19. The maximum Gasteiger partial charge on any atom is 0.320 e. The smallest absolute Gasteiger partial charge is 0.320 e. The third kappa shape index (κ3) is 4.64. The maximum atomic E-state index is 12.4. The molecular weight excluding hydrogens is 300 g/mol. The van der Waals surface area contributed by atoms with E-state index in [9.17, 15) is 14.9 Å². The van der Waals surface area contributed by atoms with E-state index in [2.05, 4.69) is 4.90 Å². The van der Waals surface area contributed by atoms with Gasteiger partial charge in [0.05, 0.1) is 31.4 Å². The van der Waals surface area contributed by atoms with Gasteiger partial charge in [-0.25, -0.2) is 4.79 Å². The summed E-state index contributed by atoms with van der Waals surface area (Å²) in [5, 5.41) is 11.2. The Morgan fingerprint density at radius 2 is 1.96 bits per heavy atom. The molecule has 0 spiro atoms. The fraction of sp³-hybridized carbons (Fsp3) is 0.533. The van der Waals surface area contributed by atoms with Gasteiger partial charge in [-0.1, -0.05) is 18.2 Å². The predicted octanol–water partition coefficient (Wildman–Crippen LogP) is 1.37. The monoisotopic (exact) mass is 322 g/mol. The zero-order valence-corrected chi connectivity index (χ0v) is 13.5. The van der Waals surface area contributed by atoms with Gasteiger partial charge < -0.3 is 14.5 Å². The van der Waals surface area contributed by atoms with E-state index >= 15 is 0 Å². The highest BCUT2D eigenvalue weighted by Crippen LogP contribution is 2.20. The quantitative estimate of drug-likeness (QED) is 0.604. The molecule has 0 bridgehead atoms. The Balaban J connectivity index is 2.17. The molecule has 2 rings (SSSR count). The zero-order valence-electron chi connectivity index (χ0n) is 13.5. The minimum Gasteiger partial charge on any atom is -0.379 e. The van der Waals surface area contributed by atoms with E-state index in [1.165, 1.54) is 11.0 Å². The molecule has 1 fully saturated rings. The van der Waals surface area contributed by atoms with Gasteiger partial charge in [0.2, 0.25) is 0 Å². The lowest BCUT2D eigenvalue weighted by Crippen LogP contribution is -2.48. The average molecular weight is 322 g/mol. The molecule has 1 saturated heterocycles. The van der Waals surface area contributed by atoms with E-state index in [1.54, 1.807) is 37.2 Å². The molecule has 1 aromatic carbocycles. The lowest BCUT2D eigenvalue weighted by Gasteiger charge is -2.34. The Labute approximate surface area is 135 Å². The Morgan fingerprint density at radius 3 is 2.57 bits per heavy atom. The second-order valence-corrected chi connectivity index (χ2v) is 5.63. The second-order valence-electron chi connectivity index (χ2n) is 5.63. The van der Waals surface area contributed by atoms with Crippen molar-refractivity contribution in [1.29, 1.82) is 0 Å². The number of benzene rings is 1. The number of hydrogen-bond acceptors (Lipinski definition) is 5. The molecule has 0 saturated carbocycles. The summed E-state index contributed by atoms with van der Waals surface area (Å²) in [4.78, 5) is 28.4. The van der Waals surface area contributed by atoms with Crippen LogP contribution in [0.2, 0.25) is 0 Å². The molecule has 0 atom stereocenters. The van der Waals surface area contributed by atoms with Crippen LogP contribution in [0.3, 0.4) is 0 Å². The highest BCUT2D eigenvalue weighted by Gasteiger charge is 2.23. The number of urea groups is 1. The molecule has 8 heteroatoms. The first-order chi connectivity index (χ1) is 11.0. The summed E-state index contributed by atoms with van der Waals surface area (Å²) >= 11 is 0. The third-order valence-corrected chi connectivity index (χ3v) is 3.68. The fourth-order valence-electron chi connectivity index (χ4n) is 2.47. The summed E-state index contributed by atoms with van der Waals surface area (Å²) in [7, 11) is 3.35.